The molecule has 2 aromatic rings. The van der Waals surface area contributed by atoms with E-state index in [2.05, 4.69) is 9.97 Å². The molecule has 86 valence electrons. The number of rotatable bonds is 1. The van der Waals surface area contributed by atoms with Crippen LogP contribution in [-0.4, -0.2) is 20.7 Å². The molecule has 0 bridgehead atoms. The van der Waals surface area contributed by atoms with Gasteiger partial charge in [0.25, 0.3) is 0 Å². The van der Waals surface area contributed by atoms with E-state index >= 15 is 0 Å². The smallest absolute Gasteiger partial charge is 0.323 e. The van der Waals surface area contributed by atoms with E-state index in [1.54, 1.807) is 6.92 Å². The first-order valence-corrected chi connectivity index (χ1v) is 4.80. The number of hydrogen-bond acceptors (Lipinski definition) is 2. The molecule has 2 aromatic heterocycles. The molecule has 0 atom stereocenters. The van der Waals surface area contributed by atoms with Crippen LogP contribution in [-0.2, 0) is 6.54 Å². The molecule has 0 saturated carbocycles. The molecule has 0 amide bonds. The molecule has 0 aliphatic heterocycles. The van der Waals surface area contributed by atoms with E-state index in [0.29, 0.717) is 11.2 Å². The Labute approximate surface area is 93.9 Å². The molecule has 0 unspecified atom stereocenters. The lowest BCUT2D eigenvalue weighted by Crippen LogP contribution is -2.17. The summed E-state index contributed by atoms with van der Waals surface area (Å²) in [5.74, 6) is 0.347. The maximum absolute atomic E-state index is 12.3. The average molecular weight is 250 g/mol. The zero-order chi connectivity index (χ0) is 11.9. The number of alkyl halides is 3. The van der Waals surface area contributed by atoms with Gasteiger partial charge in [0.05, 0.1) is 5.39 Å². The number of fused-ring (bicyclic) bond motifs is 1. The fraction of sp³-hybridized carbons (Fsp3) is 0.333. The first-order chi connectivity index (χ1) is 7.37. The lowest BCUT2D eigenvalue weighted by atomic mass is 10.4. The van der Waals surface area contributed by atoms with Crippen molar-refractivity contribution in [1.82, 2.24) is 14.5 Å². The zero-order valence-corrected chi connectivity index (χ0v) is 8.97. The Bertz CT molecular complexity index is 533. The van der Waals surface area contributed by atoms with Crippen LogP contribution in [0, 0.1) is 6.92 Å². The van der Waals surface area contributed by atoms with Gasteiger partial charge in [0.15, 0.2) is 0 Å². The van der Waals surface area contributed by atoms with Crippen LogP contribution in [0.4, 0.5) is 13.2 Å². The number of aromatic nitrogens is 3. The minimum Gasteiger partial charge on any atom is -0.323 e. The number of nitrogens with zero attached hydrogens (tertiary/aromatic N) is 3. The standard InChI is InChI=1S/C9H7ClF3N3/c1-5-14-7(10)6-2-3-16(8(6)15-5)4-9(11,12)13/h2-3H,4H2,1H3. The lowest BCUT2D eigenvalue weighted by Gasteiger charge is -2.08. The lowest BCUT2D eigenvalue weighted by molar-refractivity contribution is -0.139. The van der Waals surface area contributed by atoms with Gasteiger partial charge in [0.2, 0.25) is 0 Å². The Morgan fingerprint density at radius 3 is 2.69 bits per heavy atom. The Morgan fingerprint density at radius 2 is 2.06 bits per heavy atom. The van der Waals surface area contributed by atoms with Crippen molar-refractivity contribution in [3.63, 3.8) is 0 Å². The first-order valence-electron chi connectivity index (χ1n) is 4.42. The molecule has 0 aliphatic carbocycles. The Morgan fingerprint density at radius 1 is 1.38 bits per heavy atom. The maximum Gasteiger partial charge on any atom is 0.406 e. The van der Waals surface area contributed by atoms with Crippen molar-refractivity contribution >= 4 is 22.6 Å². The van der Waals surface area contributed by atoms with Crippen LogP contribution >= 0.6 is 11.6 Å². The minimum atomic E-state index is -4.28. The number of hydrogen-bond donors (Lipinski definition) is 0. The summed E-state index contributed by atoms with van der Waals surface area (Å²) in [6.07, 6.45) is -2.98. The highest BCUT2D eigenvalue weighted by atomic mass is 35.5. The van der Waals surface area contributed by atoms with Gasteiger partial charge in [-0.25, -0.2) is 9.97 Å². The van der Waals surface area contributed by atoms with E-state index in [1.165, 1.54) is 12.3 Å². The van der Waals surface area contributed by atoms with Crippen LogP contribution in [0.3, 0.4) is 0 Å². The minimum absolute atomic E-state index is 0.170. The molecule has 2 rings (SSSR count). The summed E-state index contributed by atoms with van der Waals surface area (Å²) >= 11 is 5.80. The molecular weight excluding hydrogens is 243 g/mol. The number of aryl methyl sites for hydroxylation is 1. The first kappa shape index (κ1) is 11.2. The second kappa shape index (κ2) is 3.62. The Hall–Kier alpha value is -1.30. The van der Waals surface area contributed by atoms with Gasteiger partial charge in [-0.1, -0.05) is 11.6 Å². The van der Waals surface area contributed by atoms with Gasteiger partial charge in [-0.05, 0) is 13.0 Å². The fourth-order valence-electron chi connectivity index (χ4n) is 1.45. The maximum atomic E-state index is 12.3. The van der Waals surface area contributed by atoms with Crippen LogP contribution in [0.15, 0.2) is 12.3 Å². The molecule has 0 radical (unpaired) electrons. The highest BCUT2D eigenvalue weighted by Gasteiger charge is 2.28. The summed E-state index contributed by atoms with van der Waals surface area (Å²) in [5.41, 5.74) is 0.204. The quantitative estimate of drug-likeness (QED) is 0.728. The monoisotopic (exact) mass is 249 g/mol. The summed E-state index contributed by atoms with van der Waals surface area (Å²) in [4.78, 5) is 7.82. The highest BCUT2D eigenvalue weighted by Crippen LogP contribution is 2.25. The van der Waals surface area contributed by atoms with E-state index in [4.69, 9.17) is 11.6 Å². The molecular formula is C9H7ClF3N3. The van der Waals surface area contributed by atoms with Gasteiger partial charge in [-0.2, -0.15) is 13.2 Å². The summed E-state index contributed by atoms with van der Waals surface area (Å²) < 4.78 is 37.8. The SMILES string of the molecule is Cc1nc(Cl)c2ccn(CC(F)(F)F)c2n1. The summed E-state index contributed by atoms with van der Waals surface area (Å²) in [6, 6.07) is 1.48. The normalized spacial score (nSPS) is 12.3. The molecule has 7 heteroatoms. The van der Waals surface area contributed by atoms with Gasteiger partial charge in [-0.15, -0.1) is 0 Å². The van der Waals surface area contributed by atoms with Gasteiger partial charge in [-0.3, -0.25) is 0 Å². The van der Waals surface area contributed by atoms with Gasteiger partial charge >= 0.3 is 6.18 Å². The second-order valence-electron chi connectivity index (χ2n) is 3.36. The molecule has 0 N–H and O–H groups in total. The molecule has 0 spiro atoms. The molecule has 0 saturated heterocycles. The van der Waals surface area contributed by atoms with Crippen molar-refractivity contribution in [2.45, 2.75) is 19.6 Å². The van der Waals surface area contributed by atoms with Crippen molar-refractivity contribution in [2.75, 3.05) is 0 Å². The largest absolute Gasteiger partial charge is 0.406 e. The summed E-state index contributed by atoms with van der Waals surface area (Å²) in [5, 5.41) is 0.597. The topological polar surface area (TPSA) is 30.7 Å². The van der Waals surface area contributed by atoms with Crippen molar-refractivity contribution in [3.05, 3.63) is 23.2 Å². The van der Waals surface area contributed by atoms with Crippen molar-refractivity contribution in [3.8, 4) is 0 Å². The predicted octanol–water partition coefficient (Wildman–Crippen LogP) is 2.96. The third-order valence-corrected chi connectivity index (χ3v) is 2.32. The van der Waals surface area contributed by atoms with Gasteiger partial charge in [0.1, 0.15) is 23.2 Å². The Balaban J connectivity index is 2.56. The van der Waals surface area contributed by atoms with Crippen LogP contribution in [0.25, 0.3) is 11.0 Å². The molecule has 3 nitrogen and oxygen atoms in total. The summed E-state index contributed by atoms with van der Waals surface area (Å²) in [6.45, 7) is 0.500. The van der Waals surface area contributed by atoms with Crippen LogP contribution in [0.1, 0.15) is 5.82 Å². The average Bonchev–Trinajstić information content (AvgIpc) is 2.46. The fourth-order valence-corrected chi connectivity index (χ4v) is 1.72. The third-order valence-electron chi connectivity index (χ3n) is 2.03. The van der Waals surface area contributed by atoms with Crippen LogP contribution in [0.5, 0.6) is 0 Å². The predicted molar refractivity (Wildman–Crippen MR) is 53.3 cm³/mol. The van der Waals surface area contributed by atoms with E-state index in [1.807, 2.05) is 0 Å². The molecule has 2 heterocycles. The molecule has 16 heavy (non-hydrogen) atoms. The number of halogens is 4. The van der Waals surface area contributed by atoms with Crippen molar-refractivity contribution in [2.24, 2.45) is 0 Å². The van der Waals surface area contributed by atoms with Crippen LogP contribution < -0.4 is 0 Å². The van der Waals surface area contributed by atoms with E-state index in [0.717, 1.165) is 4.57 Å². The molecule has 0 aliphatic rings. The van der Waals surface area contributed by atoms with E-state index < -0.39 is 12.7 Å². The second-order valence-corrected chi connectivity index (χ2v) is 3.72. The van der Waals surface area contributed by atoms with Crippen LogP contribution in [0.2, 0.25) is 5.15 Å². The van der Waals surface area contributed by atoms with Gasteiger partial charge in [0, 0.05) is 6.20 Å². The van der Waals surface area contributed by atoms with E-state index in [9.17, 15) is 13.2 Å². The summed E-state index contributed by atoms with van der Waals surface area (Å²) in [7, 11) is 0. The third kappa shape index (κ3) is 2.11. The molecule has 0 aromatic carbocycles. The van der Waals surface area contributed by atoms with E-state index in [-0.39, 0.29) is 10.8 Å². The zero-order valence-electron chi connectivity index (χ0n) is 8.22. The van der Waals surface area contributed by atoms with Crippen molar-refractivity contribution in [1.29, 1.82) is 0 Å². The highest BCUT2D eigenvalue weighted by molar-refractivity contribution is 6.33. The van der Waals surface area contributed by atoms with Gasteiger partial charge < -0.3 is 4.57 Å². The Kier molecular flexibility index (Phi) is 2.53. The van der Waals surface area contributed by atoms with Crippen molar-refractivity contribution < 1.29 is 13.2 Å². The molecule has 0 fully saturated rings.